The number of rotatable bonds is 3. The summed E-state index contributed by atoms with van der Waals surface area (Å²) < 4.78 is 5.49. The van der Waals surface area contributed by atoms with Crippen LogP contribution in [0.4, 0.5) is 0 Å². The minimum atomic E-state index is 0.306. The summed E-state index contributed by atoms with van der Waals surface area (Å²) in [5, 5.41) is 3.54. The quantitative estimate of drug-likeness (QED) is 0.888. The molecule has 3 rings (SSSR count). The van der Waals surface area contributed by atoms with Crippen molar-refractivity contribution in [1.29, 1.82) is 0 Å². The molecule has 3 heterocycles. The maximum Gasteiger partial charge on any atom is 0.105 e. The van der Waals surface area contributed by atoms with Crippen LogP contribution in [0.5, 0.6) is 0 Å². The molecule has 3 atom stereocenters. The van der Waals surface area contributed by atoms with Crippen molar-refractivity contribution in [3.63, 3.8) is 0 Å². The second-order valence-electron chi connectivity index (χ2n) is 6.46. The van der Waals surface area contributed by atoms with Gasteiger partial charge in [0, 0.05) is 31.1 Å². The maximum atomic E-state index is 5.49. The molecule has 2 saturated heterocycles. The van der Waals surface area contributed by atoms with Crippen molar-refractivity contribution >= 4 is 0 Å². The Hall–Kier alpha value is -0.800. The van der Waals surface area contributed by atoms with Crippen LogP contribution < -0.4 is 5.32 Å². The summed E-state index contributed by atoms with van der Waals surface area (Å²) in [6.45, 7) is 10.7. The minimum absolute atomic E-state index is 0.306. The Morgan fingerprint density at radius 3 is 3.00 bits per heavy atom. The first-order valence-corrected chi connectivity index (χ1v) is 7.09. The van der Waals surface area contributed by atoms with E-state index in [1.807, 2.05) is 6.07 Å². The fourth-order valence-corrected chi connectivity index (χ4v) is 4.03. The molecule has 3 nitrogen and oxygen atoms in total. The highest BCUT2D eigenvalue weighted by molar-refractivity contribution is 5.08. The van der Waals surface area contributed by atoms with E-state index in [2.05, 4.69) is 37.1 Å². The van der Waals surface area contributed by atoms with Gasteiger partial charge in [0.15, 0.2) is 0 Å². The number of hydrogen-bond donors (Lipinski definition) is 1. The van der Waals surface area contributed by atoms with E-state index in [0.29, 0.717) is 11.6 Å². The number of nitrogens with zero attached hydrogens (tertiary/aromatic N) is 1. The Morgan fingerprint density at radius 2 is 2.33 bits per heavy atom. The van der Waals surface area contributed by atoms with Crippen molar-refractivity contribution in [2.24, 2.45) is 11.8 Å². The van der Waals surface area contributed by atoms with Crippen LogP contribution in [0.2, 0.25) is 0 Å². The molecule has 3 unspecified atom stereocenters. The largest absolute Gasteiger partial charge is 0.469 e. The smallest absolute Gasteiger partial charge is 0.105 e. The molecule has 0 aliphatic carbocycles. The zero-order chi connectivity index (χ0) is 12.8. The fraction of sp³-hybridized carbons (Fsp3) is 0.733. The summed E-state index contributed by atoms with van der Waals surface area (Å²) in [5.41, 5.74) is 0.306. The Kier molecular flexibility index (Phi) is 2.99. The Balaban J connectivity index is 1.72. The monoisotopic (exact) mass is 248 g/mol. The van der Waals surface area contributed by atoms with E-state index in [1.54, 1.807) is 6.26 Å². The molecular weight excluding hydrogens is 224 g/mol. The van der Waals surface area contributed by atoms with E-state index in [0.717, 1.165) is 24.0 Å². The van der Waals surface area contributed by atoms with Gasteiger partial charge in [-0.25, -0.2) is 0 Å². The first-order valence-electron chi connectivity index (χ1n) is 7.09. The van der Waals surface area contributed by atoms with Crippen LogP contribution in [0, 0.1) is 11.8 Å². The van der Waals surface area contributed by atoms with E-state index < -0.39 is 0 Å². The van der Waals surface area contributed by atoms with E-state index >= 15 is 0 Å². The number of fused-ring (bicyclic) bond motifs is 1. The number of nitrogens with one attached hydrogen (secondary N) is 1. The van der Waals surface area contributed by atoms with Gasteiger partial charge in [-0.05, 0) is 51.3 Å². The second-order valence-corrected chi connectivity index (χ2v) is 6.46. The van der Waals surface area contributed by atoms with Crippen molar-refractivity contribution in [2.45, 2.75) is 38.8 Å². The third-order valence-corrected chi connectivity index (χ3v) is 5.03. The third-order valence-electron chi connectivity index (χ3n) is 5.03. The van der Waals surface area contributed by atoms with Crippen LogP contribution in [-0.2, 0) is 6.42 Å². The van der Waals surface area contributed by atoms with E-state index in [-0.39, 0.29) is 0 Å². The average molecular weight is 248 g/mol. The Morgan fingerprint density at radius 1 is 1.50 bits per heavy atom. The fourth-order valence-electron chi connectivity index (χ4n) is 4.03. The summed E-state index contributed by atoms with van der Waals surface area (Å²) in [6, 6.07) is 4.62. The van der Waals surface area contributed by atoms with Gasteiger partial charge in [-0.15, -0.1) is 0 Å². The van der Waals surface area contributed by atoms with Gasteiger partial charge in [0.05, 0.1) is 6.26 Å². The maximum absolute atomic E-state index is 5.49. The van der Waals surface area contributed by atoms with E-state index in [9.17, 15) is 0 Å². The van der Waals surface area contributed by atoms with Crippen LogP contribution in [0.15, 0.2) is 22.8 Å². The van der Waals surface area contributed by atoms with Crippen molar-refractivity contribution in [1.82, 2.24) is 10.2 Å². The molecule has 0 amide bonds. The summed E-state index contributed by atoms with van der Waals surface area (Å²) in [7, 11) is 0. The highest BCUT2D eigenvalue weighted by atomic mass is 16.3. The van der Waals surface area contributed by atoms with Crippen molar-refractivity contribution in [3.8, 4) is 0 Å². The van der Waals surface area contributed by atoms with Crippen LogP contribution >= 0.6 is 0 Å². The lowest BCUT2D eigenvalue weighted by molar-refractivity contribution is 0.0943. The van der Waals surface area contributed by atoms with Gasteiger partial charge in [0.25, 0.3) is 0 Å². The van der Waals surface area contributed by atoms with Gasteiger partial charge in [-0.3, -0.25) is 4.90 Å². The SMILES string of the molecule is CC(Cc1ccco1)N1CC2CNCC2C1(C)C. The summed E-state index contributed by atoms with van der Waals surface area (Å²) in [5.74, 6) is 2.74. The summed E-state index contributed by atoms with van der Waals surface area (Å²) in [4.78, 5) is 2.69. The van der Waals surface area contributed by atoms with Gasteiger partial charge in [0.2, 0.25) is 0 Å². The molecule has 3 heteroatoms. The molecule has 0 aromatic carbocycles. The number of hydrogen-bond acceptors (Lipinski definition) is 3. The molecule has 100 valence electrons. The van der Waals surface area contributed by atoms with E-state index in [1.165, 1.54) is 19.6 Å². The lowest BCUT2D eigenvalue weighted by Crippen LogP contribution is -2.49. The first-order chi connectivity index (χ1) is 8.59. The van der Waals surface area contributed by atoms with Crippen LogP contribution in [0.25, 0.3) is 0 Å². The predicted octanol–water partition coefficient (Wildman–Crippen LogP) is 2.14. The highest BCUT2D eigenvalue weighted by Gasteiger charge is 2.50. The third kappa shape index (κ3) is 1.90. The van der Waals surface area contributed by atoms with Crippen molar-refractivity contribution < 1.29 is 4.42 Å². The highest BCUT2D eigenvalue weighted by Crippen LogP contribution is 2.42. The van der Waals surface area contributed by atoms with Gasteiger partial charge in [0.1, 0.15) is 5.76 Å². The molecule has 1 aromatic heterocycles. The normalized spacial score (nSPS) is 32.6. The minimum Gasteiger partial charge on any atom is -0.469 e. The molecule has 2 aliphatic rings. The van der Waals surface area contributed by atoms with Crippen molar-refractivity contribution in [3.05, 3.63) is 24.2 Å². The number of furan rings is 1. The molecule has 0 bridgehead atoms. The summed E-state index contributed by atoms with van der Waals surface area (Å²) in [6.07, 6.45) is 2.79. The van der Waals surface area contributed by atoms with Gasteiger partial charge < -0.3 is 9.73 Å². The molecule has 0 spiro atoms. The van der Waals surface area contributed by atoms with Gasteiger partial charge in [-0.1, -0.05) is 0 Å². The van der Waals surface area contributed by atoms with Crippen molar-refractivity contribution in [2.75, 3.05) is 19.6 Å². The van der Waals surface area contributed by atoms with Crippen LogP contribution in [0.1, 0.15) is 26.5 Å². The van der Waals surface area contributed by atoms with Crippen LogP contribution in [0.3, 0.4) is 0 Å². The Bertz CT molecular complexity index is 399. The zero-order valence-corrected chi connectivity index (χ0v) is 11.6. The van der Waals surface area contributed by atoms with Gasteiger partial charge in [-0.2, -0.15) is 0 Å². The second kappa shape index (κ2) is 4.39. The summed E-state index contributed by atoms with van der Waals surface area (Å²) >= 11 is 0. The lowest BCUT2D eigenvalue weighted by Gasteiger charge is -2.39. The van der Waals surface area contributed by atoms with Gasteiger partial charge >= 0.3 is 0 Å². The molecule has 2 aliphatic heterocycles. The van der Waals surface area contributed by atoms with E-state index in [4.69, 9.17) is 4.42 Å². The average Bonchev–Trinajstić information content (AvgIpc) is 2.98. The standard InChI is InChI=1S/C15H24N2O/c1-11(7-13-5-4-6-18-13)17-10-12-8-16-9-14(12)15(17,2)3/h4-6,11-12,14,16H,7-10H2,1-3H3. The molecule has 0 saturated carbocycles. The molecule has 18 heavy (non-hydrogen) atoms. The molecule has 1 aromatic rings. The molecule has 2 fully saturated rings. The zero-order valence-electron chi connectivity index (χ0n) is 11.6. The molecular formula is C15H24N2O. The van der Waals surface area contributed by atoms with Crippen LogP contribution in [-0.4, -0.2) is 36.1 Å². The topological polar surface area (TPSA) is 28.4 Å². The number of likely N-dealkylation sites (tertiary alicyclic amines) is 1. The first kappa shape index (κ1) is 12.2. The Labute approximate surface area is 110 Å². The lowest BCUT2D eigenvalue weighted by atomic mass is 9.84. The molecule has 0 radical (unpaired) electrons. The molecule has 1 N–H and O–H groups in total. The predicted molar refractivity (Wildman–Crippen MR) is 72.5 cm³/mol.